The van der Waals surface area contributed by atoms with Gasteiger partial charge < -0.3 is 19.6 Å². The standard InChI is InChI=1S/C24H25ClN4O2/c25-20-9-8-19-10-12-29(23(19)13-20)11-4-7-21(31-16-18-5-2-1-3-6-18)14-28-15-22(24(26)30)27-17-28/h1-3,5-6,8-10,12-13,15,17,21H,4,7,11,14,16H2,(H2,26,30)/t21-/m0/s1. The van der Waals surface area contributed by atoms with E-state index in [2.05, 4.69) is 33.9 Å². The summed E-state index contributed by atoms with van der Waals surface area (Å²) in [6, 6.07) is 18.2. The molecule has 0 unspecified atom stereocenters. The SMILES string of the molecule is NC(=O)c1cn(C[C@H](CCCn2ccc3ccc(Cl)cc32)OCc2ccccc2)cn1. The highest BCUT2D eigenvalue weighted by Crippen LogP contribution is 2.21. The molecule has 0 bridgehead atoms. The van der Waals surface area contributed by atoms with E-state index in [0.717, 1.165) is 35.5 Å². The molecule has 0 spiro atoms. The van der Waals surface area contributed by atoms with Gasteiger partial charge in [0.1, 0.15) is 5.69 Å². The molecule has 160 valence electrons. The maximum atomic E-state index is 11.3. The topological polar surface area (TPSA) is 75.1 Å². The Morgan fingerprint density at radius 1 is 1.16 bits per heavy atom. The normalized spacial score (nSPS) is 12.3. The number of nitrogens with two attached hydrogens (primary N) is 1. The van der Waals surface area contributed by atoms with Gasteiger partial charge >= 0.3 is 0 Å². The summed E-state index contributed by atoms with van der Waals surface area (Å²) in [5.74, 6) is -0.529. The number of halogens is 1. The molecule has 4 rings (SSSR count). The van der Waals surface area contributed by atoms with Gasteiger partial charge in [-0.25, -0.2) is 4.98 Å². The van der Waals surface area contributed by atoms with Gasteiger partial charge in [0.2, 0.25) is 0 Å². The molecular formula is C24H25ClN4O2. The number of hydrogen-bond donors (Lipinski definition) is 1. The van der Waals surface area contributed by atoms with Crippen molar-refractivity contribution >= 4 is 28.4 Å². The number of aromatic nitrogens is 3. The molecule has 0 saturated heterocycles. The lowest BCUT2D eigenvalue weighted by Gasteiger charge is -2.19. The number of imidazole rings is 1. The Labute approximate surface area is 186 Å². The average Bonchev–Trinajstić information content (AvgIpc) is 3.40. The van der Waals surface area contributed by atoms with Gasteiger partial charge in [0, 0.05) is 36.0 Å². The van der Waals surface area contributed by atoms with E-state index in [-0.39, 0.29) is 11.8 Å². The third-order valence-corrected chi connectivity index (χ3v) is 5.52. The van der Waals surface area contributed by atoms with Crippen molar-refractivity contribution in [2.75, 3.05) is 0 Å². The predicted octanol–water partition coefficient (Wildman–Crippen LogP) is 4.66. The van der Waals surface area contributed by atoms with Gasteiger partial charge in [-0.05, 0) is 42.0 Å². The third-order valence-electron chi connectivity index (χ3n) is 5.29. The number of aryl methyl sites for hydroxylation is 1. The second-order valence-corrected chi connectivity index (χ2v) is 8.03. The van der Waals surface area contributed by atoms with Crippen LogP contribution >= 0.6 is 11.6 Å². The van der Waals surface area contributed by atoms with Gasteiger partial charge in [0.15, 0.2) is 0 Å². The lowest BCUT2D eigenvalue weighted by molar-refractivity contribution is 0.0218. The molecule has 0 radical (unpaired) electrons. The van der Waals surface area contributed by atoms with Crippen molar-refractivity contribution in [2.24, 2.45) is 5.73 Å². The number of carbonyl (C=O) groups is 1. The summed E-state index contributed by atoms with van der Waals surface area (Å²) >= 11 is 6.17. The number of amides is 1. The number of nitrogens with zero attached hydrogens (tertiary/aromatic N) is 3. The van der Waals surface area contributed by atoms with E-state index in [0.29, 0.717) is 13.2 Å². The van der Waals surface area contributed by atoms with Crippen molar-refractivity contribution in [3.05, 3.63) is 89.6 Å². The molecule has 1 amide bonds. The van der Waals surface area contributed by atoms with Crippen LogP contribution < -0.4 is 5.73 Å². The van der Waals surface area contributed by atoms with Crippen LogP contribution in [0.1, 0.15) is 28.9 Å². The monoisotopic (exact) mass is 436 g/mol. The molecular weight excluding hydrogens is 412 g/mol. The minimum Gasteiger partial charge on any atom is -0.372 e. The quantitative estimate of drug-likeness (QED) is 0.393. The van der Waals surface area contributed by atoms with Crippen molar-refractivity contribution in [2.45, 2.75) is 38.6 Å². The summed E-state index contributed by atoms with van der Waals surface area (Å²) in [6.45, 7) is 2.00. The van der Waals surface area contributed by atoms with E-state index in [9.17, 15) is 4.79 Å². The molecule has 2 heterocycles. The minimum atomic E-state index is -0.529. The first kappa shape index (κ1) is 21.2. The number of benzene rings is 2. The number of carbonyl (C=O) groups excluding carboxylic acids is 1. The lowest BCUT2D eigenvalue weighted by atomic mass is 10.1. The van der Waals surface area contributed by atoms with Gasteiger partial charge in [0.25, 0.3) is 5.91 Å². The average molecular weight is 437 g/mol. The molecule has 0 aliphatic heterocycles. The highest BCUT2D eigenvalue weighted by Gasteiger charge is 2.13. The molecule has 1 atom stereocenters. The minimum absolute atomic E-state index is 0.0273. The first-order valence-corrected chi connectivity index (χ1v) is 10.7. The Morgan fingerprint density at radius 3 is 2.77 bits per heavy atom. The molecule has 7 heteroatoms. The van der Waals surface area contributed by atoms with Crippen molar-refractivity contribution in [3.8, 4) is 0 Å². The van der Waals surface area contributed by atoms with Gasteiger partial charge in [0.05, 0.1) is 19.0 Å². The zero-order valence-corrected chi connectivity index (χ0v) is 17.9. The second kappa shape index (κ2) is 9.81. The first-order valence-electron chi connectivity index (χ1n) is 10.3. The predicted molar refractivity (Wildman–Crippen MR) is 122 cm³/mol. The fourth-order valence-corrected chi connectivity index (χ4v) is 3.85. The van der Waals surface area contributed by atoms with E-state index in [4.69, 9.17) is 22.1 Å². The summed E-state index contributed by atoms with van der Waals surface area (Å²) in [5.41, 5.74) is 7.85. The van der Waals surface area contributed by atoms with E-state index in [1.807, 2.05) is 41.0 Å². The Bertz CT molecular complexity index is 1150. The largest absolute Gasteiger partial charge is 0.372 e. The molecule has 0 aliphatic carbocycles. The number of primary amides is 1. The van der Waals surface area contributed by atoms with Gasteiger partial charge in [-0.15, -0.1) is 0 Å². The maximum Gasteiger partial charge on any atom is 0.268 e. The van der Waals surface area contributed by atoms with Crippen LogP contribution in [-0.2, 0) is 24.4 Å². The van der Waals surface area contributed by atoms with Crippen molar-refractivity contribution in [3.63, 3.8) is 0 Å². The first-order chi connectivity index (χ1) is 15.1. The Hall–Kier alpha value is -3.09. The van der Waals surface area contributed by atoms with Crippen LogP contribution in [0.3, 0.4) is 0 Å². The summed E-state index contributed by atoms with van der Waals surface area (Å²) < 4.78 is 10.3. The Kier molecular flexibility index (Phi) is 6.70. The molecule has 2 N–H and O–H groups in total. The van der Waals surface area contributed by atoms with Gasteiger partial charge in [-0.3, -0.25) is 4.79 Å². The van der Waals surface area contributed by atoms with Crippen LogP contribution in [0.15, 0.2) is 73.3 Å². The van der Waals surface area contributed by atoms with Crippen molar-refractivity contribution in [1.29, 1.82) is 0 Å². The molecule has 31 heavy (non-hydrogen) atoms. The molecule has 0 fully saturated rings. The number of rotatable bonds is 10. The Morgan fingerprint density at radius 2 is 2.00 bits per heavy atom. The van der Waals surface area contributed by atoms with Crippen LogP contribution in [0.2, 0.25) is 5.02 Å². The lowest BCUT2D eigenvalue weighted by Crippen LogP contribution is -2.20. The van der Waals surface area contributed by atoms with Gasteiger partial charge in [-0.2, -0.15) is 0 Å². The molecule has 0 saturated carbocycles. The number of fused-ring (bicyclic) bond motifs is 1. The van der Waals surface area contributed by atoms with Crippen LogP contribution in [0.4, 0.5) is 0 Å². The summed E-state index contributed by atoms with van der Waals surface area (Å²) in [4.78, 5) is 15.4. The van der Waals surface area contributed by atoms with Crippen molar-refractivity contribution < 1.29 is 9.53 Å². The zero-order chi connectivity index (χ0) is 21.6. The molecule has 4 aromatic rings. The highest BCUT2D eigenvalue weighted by atomic mass is 35.5. The smallest absolute Gasteiger partial charge is 0.268 e. The molecule has 2 aromatic heterocycles. The third kappa shape index (κ3) is 5.54. The Balaban J connectivity index is 1.41. The number of hydrogen-bond acceptors (Lipinski definition) is 3. The van der Waals surface area contributed by atoms with Gasteiger partial charge in [-0.1, -0.05) is 48.0 Å². The fraction of sp³-hybridized carbons (Fsp3) is 0.250. The van der Waals surface area contributed by atoms with E-state index in [1.165, 1.54) is 5.39 Å². The molecule has 2 aromatic carbocycles. The summed E-state index contributed by atoms with van der Waals surface area (Å²) in [6.07, 6.45) is 7.16. The summed E-state index contributed by atoms with van der Waals surface area (Å²) in [5, 5.41) is 1.92. The van der Waals surface area contributed by atoms with Crippen LogP contribution in [0.5, 0.6) is 0 Å². The highest BCUT2D eigenvalue weighted by molar-refractivity contribution is 6.31. The maximum absolute atomic E-state index is 11.3. The van der Waals surface area contributed by atoms with E-state index < -0.39 is 5.91 Å². The van der Waals surface area contributed by atoms with Crippen LogP contribution in [0, 0.1) is 0 Å². The summed E-state index contributed by atoms with van der Waals surface area (Å²) in [7, 11) is 0. The zero-order valence-electron chi connectivity index (χ0n) is 17.2. The fourth-order valence-electron chi connectivity index (χ4n) is 3.68. The van der Waals surface area contributed by atoms with E-state index >= 15 is 0 Å². The van der Waals surface area contributed by atoms with Crippen LogP contribution in [0.25, 0.3) is 10.9 Å². The molecule has 0 aliphatic rings. The van der Waals surface area contributed by atoms with Crippen LogP contribution in [-0.4, -0.2) is 26.1 Å². The second-order valence-electron chi connectivity index (χ2n) is 7.59. The number of ether oxygens (including phenoxy) is 1. The van der Waals surface area contributed by atoms with Crippen molar-refractivity contribution in [1.82, 2.24) is 14.1 Å². The van der Waals surface area contributed by atoms with E-state index in [1.54, 1.807) is 12.5 Å². The molecule has 6 nitrogen and oxygen atoms in total.